The summed E-state index contributed by atoms with van der Waals surface area (Å²) in [7, 11) is 0. The van der Waals surface area contributed by atoms with Gasteiger partial charge in [-0.15, -0.1) is 0 Å². The first kappa shape index (κ1) is 8.81. The van der Waals surface area contributed by atoms with Gasteiger partial charge in [-0.3, -0.25) is 0 Å². The molecule has 0 radical (unpaired) electrons. The normalized spacial score (nSPS) is 25.6. The first-order valence-electron chi connectivity index (χ1n) is 5.06. The number of hydrogen-bond donors (Lipinski definition) is 2. The highest BCUT2D eigenvalue weighted by Gasteiger charge is 2.31. The van der Waals surface area contributed by atoms with Crippen molar-refractivity contribution in [3.8, 4) is 0 Å². The molecule has 4 nitrogen and oxygen atoms in total. The van der Waals surface area contributed by atoms with Crippen LogP contribution in [0.25, 0.3) is 0 Å². The zero-order valence-electron chi connectivity index (χ0n) is 7.83. The van der Waals surface area contributed by atoms with Gasteiger partial charge in [-0.1, -0.05) is 0 Å². The zero-order valence-corrected chi connectivity index (χ0v) is 7.83. The Labute approximate surface area is 78.5 Å². The number of amides is 2. The fourth-order valence-corrected chi connectivity index (χ4v) is 1.78. The average molecular weight is 183 g/mol. The van der Waals surface area contributed by atoms with Gasteiger partial charge < -0.3 is 16.0 Å². The molecule has 2 fully saturated rings. The summed E-state index contributed by atoms with van der Waals surface area (Å²) in [6, 6.07) is 0.256. The largest absolute Gasteiger partial charge is 0.338 e. The van der Waals surface area contributed by atoms with Crippen molar-refractivity contribution in [2.45, 2.75) is 25.3 Å². The lowest BCUT2D eigenvalue weighted by molar-refractivity contribution is 0.180. The van der Waals surface area contributed by atoms with Gasteiger partial charge in [0, 0.05) is 25.7 Å². The summed E-state index contributed by atoms with van der Waals surface area (Å²) in [5.74, 6) is 0.676. The standard InChI is InChI=1S/C9H17N3O/c10-8(7-2-3-7)6-12-5-1-4-11-9(12)13/h7-8H,1-6,10H2,(H,11,13). The summed E-state index contributed by atoms with van der Waals surface area (Å²) in [4.78, 5) is 13.2. The van der Waals surface area contributed by atoms with Crippen LogP contribution in [-0.4, -0.2) is 36.6 Å². The number of nitrogens with one attached hydrogen (secondary N) is 1. The van der Waals surface area contributed by atoms with Crippen LogP contribution in [0.4, 0.5) is 4.79 Å². The molecule has 2 rings (SSSR count). The molecule has 0 aromatic carbocycles. The Balaban J connectivity index is 1.81. The monoisotopic (exact) mass is 183 g/mol. The van der Waals surface area contributed by atoms with Gasteiger partial charge >= 0.3 is 6.03 Å². The second-order valence-electron chi connectivity index (χ2n) is 4.03. The maximum absolute atomic E-state index is 11.3. The van der Waals surface area contributed by atoms with Crippen LogP contribution in [0.3, 0.4) is 0 Å². The summed E-state index contributed by atoms with van der Waals surface area (Å²) >= 11 is 0. The number of urea groups is 1. The second-order valence-corrected chi connectivity index (χ2v) is 4.03. The summed E-state index contributed by atoms with van der Waals surface area (Å²) in [6.07, 6.45) is 3.54. The number of carbonyl (C=O) groups excluding carboxylic acids is 1. The third-order valence-corrected chi connectivity index (χ3v) is 2.83. The molecule has 0 aromatic heterocycles. The predicted octanol–water partition coefficient (Wildman–Crippen LogP) is 0.139. The van der Waals surface area contributed by atoms with E-state index in [1.165, 1.54) is 12.8 Å². The fourth-order valence-electron chi connectivity index (χ4n) is 1.78. The van der Waals surface area contributed by atoms with Gasteiger partial charge in [0.15, 0.2) is 0 Å². The molecule has 0 aromatic rings. The number of nitrogens with two attached hydrogens (primary N) is 1. The maximum atomic E-state index is 11.3. The maximum Gasteiger partial charge on any atom is 0.317 e. The van der Waals surface area contributed by atoms with Crippen LogP contribution in [-0.2, 0) is 0 Å². The Morgan fingerprint density at radius 3 is 3.00 bits per heavy atom. The fraction of sp³-hybridized carbons (Fsp3) is 0.889. The summed E-state index contributed by atoms with van der Waals surface area (Å²) < 4.78 is 0. The van der Waals surface area contributed by atoms with Crippen LogP contribution in [0, 0.1) is 5.92 Å². The summed E-state index contributed by atoms with van der Waals surface area (Å²) in [6.45, 7) is 2.41. The number of nitrogens with zero attached hydrogens (tertiary/aromatic N) is 1. The Morgan fingerprint density at radius 2 is 2.38 bits per heavy atom. The minimum Gasteiger partial charge on any atom is -0.338 e. The lowest BCUT2D eigenvalue weighted by atomic mass is 10.2. The van der Waals surface area contributed by atoms with E-state index < -0.39 is 0 Å². The van der Waals surface area contributed by atoms with Crippen molar-refractivity contribution in [1.29, 1.82) is 0 Å². The van der Waals surface area contributed by atoms with E-state index in [-0.39, 0.29) is 12.1 Å². The first-order chi connectivity index (χ1) is 6.27. The van der Waals surface area contributed by atoms with Gasteiger partial charge in [0.1, 0.15) is 0 Å². The molecule has 1 saturated carbocycles. The van der Waals surface area contributed by atoms with Crippen molar-refractivity contribution in [3.63, 3.8) is 0 Å². The van der Waals surface area contributed by atoms with Crippen molar-refractivity contribution in [2.75, 3.05) is 19.6 Å². The van der Waals surface area contributed by atoms with E-state index in [9.17, 15) is 4.79 Å². The van der Waals surface area contributed by atoms with Crippen molar-refractivity contribution in [1.82, 2.24) is 10.2 Å². The van der Waals surface area contributed by atoms with Crippen molar-refractivity contribution in [3.05, 3.63) is 0 Å². The zero-order chi connectivity index (χ0) is 9.26. The molecule has 1 aliphatic heterocycles. The quantitative estimate of drug-likeness (QED) is 0.654. The van der Waals surface area contributed by atoms with Gasteiger partial charge in [0.2, 0.25) is 0 Å². The molecule has 1 unspecified atom stereocenters. The SMILES string of the molecule is NC(CN1CCCNC1=O)C1CC1. The van der Waals surface area contributed by atoms with Crippen LogP contribution in [0.1, 0.15) is 19.3 Å². The number of hydrogen-bond acceptors (Lipinski definition) is 2. The Bertz CT molecular complexity index is 203. The number of carbonyl (C=O) groups is 1. The highest BCUT2D eigenvalue weighted by Crippen LogP contribution is 2.31. The first-order valence-corrected chi connectivity index (χ1v) is 5.06. The second kappa shape index (κ2) is 3.54. The minimum absolute atomic E-state index is 0.0577. The molecule has 2 aliphatic rings. The van der Waals surface area contributed by atoms with Crippen LogP contribution in [0.2, 0.25) is 0 Å². The molecule has 74 valence electrons. The van der Waals surface area contributed by atoms with E-state index in [2.05, 4.69) is 5.32 Å². The van der Waals surface area contributed by atoms with Crippen LogP contribution < -0.4 is 11.1 Å². The van der Waals surface area contributed by atoms with Crippen molar-refractivity contribution >= 4 is 6.03 Å². The Kier molecular flexibility index (Phi) is 2.40. The molecule has 0 bridgehead atoms. The molecule has 1 saturated heterocycles. The Morgan fingerprint density at radius 1 is 1.62 bits per heavy atom. The highest BCUT2D eigenvalue weighted by molar-refractivity contribution is 5.74. The topological polar surface area (TPSA) is 58.4 Å². The van der Waals surface area contributed by atoms with Gasteiger partial charge in [-0.25, -0.2) is 4.79 Å². The molecule has 13 heavy (non-hydrogen) atoms. The lowest BCUT2D eigenvalue weighted by Crippen LogP contribution is -2.51. The molecule has 1 atom stereocenters. The summed E-state index contributed by atoms with van der Waals surface area (Å²) in [5, 5.41) is 2.83. The molecule has 2 amide bonds. The van der Waals surface area contributed by atoms with E-state index in [1.54, 1.807) is 0 Å². The van der Waals surface area contributed by atoms with E-state index in [4.69, 9.17) is 5.73 Å². The molecule has 1 aliphatic carbocycles. The lowest BCUT2D eigenvalue weighted by Gasteiger charge is -2.29. The smallest absolute Gasteiger partial charge is 0.317 e. The molecule has 3 N–H and O–H groups in total. The van der Waals surface area contributed by atoms with E-state index in [0.29, 0.717) is 5.92 Å². The van der Waals surface area contributed by atoms with E-state index >= 15 is 0 Å². The third kappa shape index (κ3) is 2.12. The third-order valence-electron chi connectivity index (χ3n) is 2.83. The van der Waals surface area contributed by atoms with E-state index in [1.807, 2.05) is 4.90 Å². The van der Waals surface area contributed by atoms with Crippen molar-refractivity contribution < 1.29 is 4.79 Å². The van der Waals surface area contributed by atoms with Crippen LogP contribution in [0.15, 0.2) is 0 Å². The molecule has 4 heteroatoms. The van der Waals surface area contributed by atoms with Gasteiger partial charge in [0.05, 0.1) is 0 Å². The van der Waals surface area contributed by atoms with Gasteiger partial charge in [-0.05, 0) is 25.2 Å². The molecular weight excluding hydrogens is 166 g/mol. The van der Waals surface area contributed by atoms with Crippen LogP contribution in [0.5, 0.6) is 0 Å². The van der Waals surface area contributed by atoms with E-state index in [0.717, 1.165) is 26.1 Å². The predicted molar refractivity (Wildman–Crippen MR) is 50.3 cm³/mol. The average Bonchev–Trinajstić information content (AvgIpc) is 2.91. The highest BCUT2D eigenvalue weighted by atomic mass is 16.2. The summed E-state index contributed by atoms with van der Waals surface area (Å²) in [5.41, 5.74) is 5.95. The molecule has 1 heterocycles. The van der Waals surface area contributed by atoms with Crippen LogP contribution >= 0.6 is 0 Å². The van der Waals surface area contributed by atoms with Gasteiger partial charge in [0.25, 0.3) is 0 Å². The number of rotatable bonds is 3. The van der Waals surface area contributed by atoms with Crippen molar-refractivity contribution in [2.24, 2.45) is 11.7 Å². The minimum atomic E-state index is 0.0577. The molecular formula is C9H17N3O. The molecule has 0 spiro atoms. The Hall–Kier alpha value is -0.770. The van der Waals surface area contributed by atoms with Gasteiger partial charge in [-0.2, -0.15) is 0 Å².